The van der Waals surface area contributed by atoms with Gasteiger partial charge in [-0.1, -0.05) is 32.0 Å². The Bertz CT molecular complexity index is 391. The summed E-state index contributed by atoms with van der Waals surface area (Å²) in [5.41, 5.74) is 4.30. The highest BCUT2D eigenvalue weighted by molar-refractivity contribution is 7.80. The third-order valence-corrected chi connectivity index (χ3v) is 3.37. The maximum Gasteiger partial charge on any atom is 0.189 e. The van der Waals surface area contributed by atoms with Crippen molar-refractivity contribution >= 4 is 23.0 Å². The summed E-state index contributed by atoms with van der Waals surface area (Å²) in [5.74, 6) is 0.444. The van der Waals surface area contributed by atoms with Gasteiger partial charge in [0, 0.05) is 0 Å². The van der Waals surface area contributed by atoms with E-state index >= 15 is 0 Å². The minimum absolute atomic E-state index is 0.174. The highest BCUT2D eigenvalue weighted by Crippen LogP contribution is 2.23. The second-order valence-corrected chi connectivity index (χ2v) is 4.96. The van der Waals surface area contributed by atoms with Gasteiger partial charge in [0.1, 0.15) is 5.66 Å². The van der Waals surface area contributed by atoms with E-state index in [1.54, 1.807) is 0 Å². The normalized spacial score (nSPS) is 25.0. The zero-order valence-electron chi connectivity index (χ0n) is 9.82. The van der Waals surface area contributed by atoms with E-state index in [0.717, 1.165) is 10.8 Å². The molecular formula is C12H17N3S. The first kappa shape index (κ1) is 11.4. The Morgan fingerprint density at radius 2 is 1.88 bits per heavy atom. The Labute approximate surface area is 102 Å². The number of benzene rings is 1. The molecule has 2 N–H and O–H groups in total. The van der Waals surface area contributed by atoms with Gasteiger partial charge in [-0.3, -0.25) is 5.01 Å². The number of rotatable bonds is 2. The number of nitrogens with zero attached hydrogens (tertiary/aromatic N) is 1. The van der Waals surface area contributed by atoms with Crippen LogP contribution in [0.3, 0.4) is 0 Å². The van der Waals surface area contributed by atoms with E-state index in [2.05, 4.69) is 31.5 Å². The molecule has 0 aliphatic carbocycles. The lowest BCUT2D eigenvalue weighted by molar-refractivity contribution is 0.271. The predicted molar refractivity (Wildman–Crippen MR) is 71.0 cm³/mol. The molecule has 1 aliphatic rings. The lowest BCUT2D eigenvalue weighted by atomic mass is 10.00. The van der Waals surface area contributed by atoms with Gasteiger partial charge in [0.25, 0.3) is 0 Å². The summed E-state index contributed by atoms with van der Waals surface area (Å²) in [6.45, 7) is 6.45. The van der Waals surface area contributed by atoms with Crippen LogP contribution in [0.4, 0.5) is 5.69 Å². The van der Waals surface area contributed by atoms with Crippen molar-refractivity contribution in [2.75, 3.05) is 5.01 Å². The monoisotopic (exact) mass is 235 g/mol. The molecule has 0 amide bonds. The van der Waals surface area contributed by atoms with E-state index in [9.17, 15) is 0 Å². The van der Waals surface area contributed by atoms with Crippen LogP contribution in [0.25, 0.3) is 0 Å². The molecule has 86 valence electrons. The Balaban J connectivity index is 2.24. The quantitative estimate of drug-likeness (QED) is 0.769. The van der Waals surface area contributed by atoms with Crippen molar-refractivity contribution in [3.05, 3.63) is 30.3 Å². The van der Waals surface area contributed by atoms with Gasteiger partial charge in [0.2, 0.25) is 0 Å². The van der Waals surface area contributed by atoms with E-state index in [1.165, 1.54) is 0 Å². The molecule has 1 fully saturated rings. The van der Waals surface area contributed by atoms with Gasteiger partial charge in [-0.15, -0.1) is 0 Å². The molecule has 0 aromatic heterocycles. The van der Waals surface area contributed by atoms with E-state index in [1.807, 2.05) is 35.3 Å². The summed E-state index contributed by atoms with van der Waals surface area (Å²) in [4.78, 5) is 0. The smallest absolute Gasteiger partial charge is 0.189 e. The number of hydrazine groups is 1. The van der Waals surface area contributed by atoms with Crippen LogP contribution in [0.5, 0.6) is 0 Å². The maximum absolute atomic E-state index is 5.34. The number of hydrogen-bond acceptors (Lipinski definition) is 2. The number of para-hydroxylation sites is 1. The minimum atomic E-state index is -0.174. The lowest BCUT2D eigenvalue weighted by Gasteiger charge is -2.29. The third kappa shape index (κ3) is 1.90. The summed E-state index contributed by atoms with van der Waals surface area (Å²) >= 11 is 5.34. The molecule has 16 heavy (non-hydrogen) atoms. The fourth-order valence-electron chi connectivity index (χ4n) is 1.62. The number of hydrogen-bond donors (Lipinski definition) is 2. The molecule has 2 rings (SSSR count). The van der Waals surface area contributed by atoms with Crippen molar-refractivity contribution in [3.8, 4) is 0 Å². The molecule has 1 atom stereocenters. The van der Waals surface area contributed by atoms with Crippen molar-refractivity contribution in [1.29, 1.82) is 0 Å². The number of nitrogens with one attached hydrogen (secondary N) is 2. The van der Waals surface area contributed by atoms with Crippen LogP contribution in [0, 0.1) is 5.92 Å². The summed E-state index contributed by atoms with van der Waals surface area (Å²) in [6.07, 6.45) is 0. The van der Waals surface area contributed by atoms with Crippen molar-refractivity contribution in [3.63, 3.8) is 0 Å². The molecule has 0 spiro atoms. The van der Waals surface area contributed by atoms with Gasteiger partial charge in [-0.2, -0.15) is 0 Å². The zero-order valence-corrected chi connectivity index (χ0v) is 10.6. The maximum atomic E-state index is 5.34. The molecule has 0 saturated carbocycles. The summed E-state index contributed by atoms with van der Waals surface area (Å²) < 4.78 is 0. The number of anilines is 1. The van der Waals surface area contributed by atoms with Crippen molar-refractivity contribution in [2.24, 2.45) is 5.92 Å². The van der Waals surface area contributed by atoms with Crippen LogP contribution in [-0.2, 0) is 0 Å². The lowest BCUT2D eigenvalue weighted by Crippen LogP contribution is -2.52. The highest BCUT2D eigenvalue weighted by atomic mass is 32.1. The Morgan fingerprint density at radius 3 is 2.38 bits per heavy atom. The Hall–Kier alpha value is -1.13. The molecule has 0 radical (unpaired) electrons. The second kappa shape index (κ2) is 4.03. The van der Waals surface area contributed by atoms with Crippen LogP contribution in [0.15, 0.2) is 30.3 Å². The number of thiocarbonyl (C=S) groups is 1. The van der Waals surface area contributed by atoms with Gasteiger partial charge in [0.05, 0.1) is 5.69 Å². The molecule has 4 heteroatoms. The Morgan fingerprint density at radius 1 is 1.25 bits per heavy atom. The van der Waals surface area contributed by atoms with Crippen LogP contribution >= 0.6 is 12.2 Å². The average molecular weight is 235 g/mol. The Kier molecular flexibility index (Phi) is 2.86. The minimum Gasteiger partial charge on any atom is -0.342 e. The van der Waals surface area contributed by atoms with E-state index in [4.69, 9.17) is 12.2 Å². The van der Waals surface area contributed by atoms with Crippen LogP contribution in [0.2, 0.25) is 0 Å². The molecule has 1 aliphatic heterocycles. The van der Waals surface area contributed by atoms with Crippen molar-refractivity contribution in [1.82, 2.24) is 10.7 Å². The van der Waals surface area contributed by atoms with E-state index in [-0.39, 0.29) is 5.66 Å². The topological polar surface area (TPSA) is 27.3 Å². The first-order valence-corrected chi connectivity index (χ1v) is 5.89. The second-order valence-electron chi connectivity index (χ2n) is 4.57. The van der Waals surface area contributed by atoms with Crippen molar-refractivity contribution in [2.45, 2.75) is 26.4 Å². The van der Waals surface area contributed by atoms with Gasteiger partial charge >= 0.3 is 0 Å². The first-order chi connectivity index (χ1) is 7.53. The first-order valence-electron chi connectivity index (χ1n) is 5.48. The summed E-state index contributed by atoms with van der Waals surface area (Å²) in [6, 6.07) is 10.1. The molecule has 1 aromatic carbocycles. The molecule has 1 aromatic rings. The third-order valence-electron chi connectivity index (χ3n) is 3.08. The SMILES string of the molecule is CC(C)[C@@]1(C)NC(=S)N(c2ccccc2)N1. The largest absolute Gasteiger partial charge is 0.342 e. The zero-order chi connectivity index (χ0) is 11.8. The predicted octanol–water partition coefficient (Wildman–Crippen LogP) is 2.26. The van der Waals surface area contributed by atoms with Gasteiger partial charge < -0.3 is 5.32 Å². The molecule has 0 bridgehead atoms. The molecule has 0 unspecified atom stereocenters. The molecule has 1 saturated heterocycles. The average Bonchev–Trinajstić information content (AvgIpc) is 2.57. The summed E-state index contributed by atoms with van der Waals surface area (Å²) in [7, 11) is 0. The van der Waals surface area contributed by atoms with Gasteiger partial charge in [0.15, 0.2) is 5.11 Å². The molecule has 1 heterocycles. The fourth-order valence-corrected chi connectivity index (χ4v) is 1.98. The van der Waals surface area contributed by atoms with E-state index in [0.29, 0.717) is 5.92 Å². The highest BCUT2D eigenvalue weighted by Gasteiger charge is 2.38. The standard InChI is InChI=1S/C12H17N3S/c1-9(2)12(3)13-11(16)15(14-12)10-7-5-4-6-8-10/h4-9,14H,1-3H3,(H,13,16)/t12-/m0/s1. The molecule has 3 nitrogen and oxygen atoms in total. The van der Waals surface area contributed by atoms with E-state index < -0.39 is 0 Å². The van der Waals surface area contributed by atoms with Crippen LogP contribution < -0.4 is 15.8 Å². The van der Waals surface area contributed by atoms with Gasteiger partial charge in [-0.05, 0) is 37.2 Å². The van der Waals surface area contributed by atoms with Crippen LogP contribution in [-0.4, -0.2) is 10.8 Å². The molecular weight excluding hydrogens is 218 g/mol. The fraction of sp³-hybridized carbons (Fsp3) is 0.417. The van der Waals surface area contributed by atoms with Crippen LogP contribution in [0.1, 0.15) is 20.8 Å². The van der Waals surface area contributed by atoms with Crippen molar-refractivity contribution < 1.29 is 0 Å². The summed E-state index contributed by atoms with van der Waals surface area (Å²) in [5, 5.41) is 5.97. The van der Waals surface area contributed by atoms with Gasteiger partial charge in [-0.25, -0.2) is 5.43 Å².